The first-order valence-corrected chi connectivity index (χ1v) is 7.88. The quantitative estimate of drug-likeness (QED) is 0.634. The molecular formula is C16H19NO3S. The molecule has 1 aromatic rings. The number of nitrogens with zero attached hydrogens (tertiary/aromatic N) is 1. The minimum atomic E-state index is -0.277. The van der Waals surface area contributed by atoms with Crippen LogP contribution in [-0.4, -0.2) is 48.0 Å². The Balaban J connectivity index is 1.96. The zero-order valence-corrected chi connectivity index (χ0v) is 13.1. The van der Waals surface area contributed by atoms with Crippen LogP contribution in [0, 0.1) is 6.92 Å². The highest BCUT2D eigenvalue weighted by Gasteiger charge is 2.28. The molecule has 0 aromatic heterocycles. The summed E-state index contributed by atoms with van der Waals surface area (Å²) in [6.45, 7) is 3.10. The molecular weight excluding hydrogens is 286 g/mol. The van der Waals surface area contributed by atoms with Gasteiger partial charge in [-0.05, 0) is 18.6 Å². The minimum Gasteiger partial charge on any atom is -0.468 e. The molecule has 0 bridgehead atoms. The molecule has 1 heterocycles. The fourth-order valence-corrected chi connectivity index (χ4v) is 3.20. The summed E-state index contributed by atoms with van der Waals surface area (Å²) in [7, 11) is 1.38. The van der Waals surface area contributed by atoms with Crippen LogP contribution in [0.1, 0.15) is 11.1 Å². The molecule has 0 spiro atoms. The lowest BCUT2D eigenvalue weighted by atomic mass is 10.1. The van der Waals surface area contributed by atoms with E-state index in [1.54, 1.807) is 28.8 Å². The van der Waals surface area contributed by atoms with Crippen LogP contribution in [-0.2, 0) is 14.3 Å². The predicted molar refractivity (Wildman–Crippen MR) is 85.1 cm³/mol. The molecule has 1 atom stereocenters. The molecule has 1 aromatic carbocycles. The standard InChI is InChI=1S/C16H19NO3S/c1-12-3-5-13(6-4-12)7-8-15(18)17-9-10-21-14(11-17)16(19)20-2/h3-8,14H,9-11H2,1-2H3/b8-7+/t14-/m1/s1. The fourth-order valence-electron chi connectivity index (χ4n) is 2.07. The number of rotatable bonds is 3. The number of esters is 1. The van der Waals surface area contributed by atoms with Gasteiger partial charge in [-0.25, -0.2) is 0 Å². The number of amides is 1. The molecule has 112 valence electrons. The van der Waals surface area contributed by atoms with Crippen LogP contribution in [0.2, 0.25) is 0 Å². The lowest BCUT2D eigenvalue weighted by Crippen LogP contribution is -2.44. The summed E-state index contributed by atoms with van der Waals surface area (Å²) in [5.74, 6) is 0.425. The Morgan fingerprint density at radius 1 is 1.33 bits per heavy atom. The minimum absolute atomic E-state index is 0.0650. The second kappa shape index (κ2) is 7.31. The summed E-state index contributed by atoms with van der Waals surface area (Å²) < 4.78 is 4.74. The van der Waals surface area contributed by atoms with Gasteiger partial charge in [-0.1, -0.05) is 29.8 Å². The first-order chi connectivity index (χ1) is 10.1. The molecule has 0 unspecified atom stereocenters. The van der Waals surface area contributed by atoms with E-state index in [4.69, 9.17) is 4.74 Å². The Morgan fingerprint density at radius 2 is 2.05 bits per heavy atom. The fraction of sp³-hybridized carbons (Fsp3) is 0.375. The Morgan fingerprint density at radius 3 is 2.71 bits per heavy atom. The highest BCUT2D eigenvalue weighted by molar-refractivity contribution is 8.00. The summed E-state index contributed by atoms with van der Waals surface area (Å²) in [4.78, 5) is 25.4. The molecule has 0 N–H and O–H groups in total. The van der Waals surface area contributed by atoms with E-state index in [1.807, 2.05) is 31.2 Å². The summed E-state index contributed by atoms with van der Waals surface area (Å²) in [5.41, 5.74) is 2.18. The van der Waals surface area contributed by atoms with Gasteiger partial charge < -0.3 is 9.64 Å². The Labute approximate surface area is 129 Å². The second-order valence-corrected chi connectivity index (χ2v) is 6.22. The van der Waals surface area contributed by atoms with Gasteiger partial charge in [0.25, 0.3) is 0 Å². The molecule has 5 heteroatoms. The van der Waals surface area contributed by atoms with Crippen molar-refractivity contribution in [2.24, 2.45) is 0 Å². The molecule has 1 fully saturated rings. The third-order valence-electron chi connectivity index (χ3n) is 3.34. The Kier molecular flexibility index (Phi) is 5.44. The van der Waals surface area contributed by atoms with Gasteiger partial charge in [0.15, 0.2) is 0 Å². The van der Waals surface area contributed by atoms with Gasteiger partial charge in [-0.2, -0.15) is 0 Å². The summed E-state index contributed by atoms with van der Waals surface area (Å²) in [6.07, 6.45) is 3.37. The first kappa shape index (κ1) is 15.6. The van der Waals surface area contributed by atoms with Crippen LogP contribution < -0.4 is 0 Å². The Bertz CT molecular complexity index is 539. The van der Waals surface area contributed by atoms with Crippen LogP contribution in [0.5, 0.6) is 0 Å². The third-order valence-corrected chi connectivity index (χ3v) is 4.50. The van der Waals surface area contributed by atoms with Crippen molar-refractivity contribution in [3.63, 3.8) is 0 Å². The van der Waals surface area contributed by atoms with Gasteiger partial charge in [-0.3, -0.25) is 9.59 Å². The molecule has 0 saturated carbocycles. The van der Waals surface area contributed by atoms with E-state index in [9.17, 15) is 9.59 Å². The first-order valence-electron chi connectivity index (χ1n) is 6.83. The van der Waals surface area contributed by atoms with Gasteiger partial charge in [-0.15, -0.1) is 11.8 Å². The van der Waals surface area contributed by atoms with E-state index in [0.717, 1.165) is 11.3 Å². The molecule has 1 saturated heterocycles. The zero-order chi connectivity index (χ0) is 15.2. The number of carbonyl (C=O) groups is 2. The molecule has 1 aliphatic heterocycles. The number of benzene rings is 1. The molecule has 1 amide bonds. The van der Waals surface area contributed by atoms with Gasteiger partial charge in [0.05, 0.1) is 7.11 Å². The van der Waals surface area contributed by atoms with Gasteiger partial charge >= 0.3 is 5.97 Å². The number of ether oxygens (including phenoxy) is 1. The van der Waals surface area contributed by atoms with E-state index in [0.29, 0.717) is 13.1 Å². The third kappa shape index (κ3) is 4.36. The van der Waals surface area contributed by atoms with Gasteiger partial charge in [0.1, 0.15) is 5.25 Å². The molecule has 0 radical (unpaired) electrons. The highest BCUT2D eigenvalue weighted by atomic mass is 32.2. The van der Waals surface area contributed by atoms with Crippen molar-refractivity contribution in [1.29, 1.82) is 0 Å². The average Bonchev–Trinajstić information content (AvgIpc) is 2.53. The topological polar surface area (TPSA) is 46.6 Å². The van der Waals surface area contributed by atoms with E-state index >= 15 is 0 Å². The van der Waals surface area contributed by atoms with Crippen LogP contribution in [0.3, 0.4) is 0 Å². The van der Waals surface area contributed by atoms with Crippen molar-refractivity contribution in [2.75, 3.05) is 26.0 Å². The van der Waals surface area contributed by atoms with Gasteiger partial charge in [0.2, 0.25) is 5.91 Å². The number of hydrogen-bond donors (Lipinski definition) is 0. The van der Waals surface area contributed by atoms with Crippen molar-refractivity contribution in [3.05, 3.63) is 41.5 Å². The van der Waals surface area contributed by atoms with Crippen molar-refractivity contribution >= 4 is 29.7 Å². The van der Waals surface area contributed by atoms with E-state index in [2.05, 4.69) is 0 Å². The number of hydrogen-bond acceptors (Lipinski definition) is 4. The van der Waals surface area contributed by atoms with E-state index < -0.39 is 0 Å². The van der Waals surface area contributed by atoms with Gasteiger partial charge in [0, 0.05) is 24.9 Å². The molecule has 4 nitrogen and oxygen atoms in total. The van der Waals surface area contributed by atoms with Crippen molar-refractivity contribution < 1.29 is 14.3 Å². The van der Waals surface area contributed by atoms with Crippen molar-refractivity contribution in [3.8, 4) is 0 Å². The van der Waals surface area contributed by atoms with Crippen LogP contribution in [0.15, 0.2) is 30.3 Å². The maximum atomic E-state index is 12.2. The lowest BCUT2D eigenvalue weighted by molar-refractivity contribution is -0.140. The van der Waals surface area contributed by atoms with E-state index in [-0.39, 0.29) is 17.1 Å². The molecule has 21 heavy (non-hydrogen) atoms. The second-order valence-electron chi connectivity index (χ2n) is 4.91. The Hall–Kier alpha value is -1.75. The number of carbonyl (C=O) groups excluding carboxylic acids is 2. The number of methoxy groups -OCH3 is 1. The molecule has 2 rings (SSSR count). The number of thioether (sulfide) groups is 1. The molecule has 1 aliphatic rings. The maximum absolute atomic E-state index is 12.2. The monoisotopic (exact) mass is 305 g/mol. The van der Waals surface area contributed by atoms with Crippen LogP contribution in [0.4, 0.5) is 0 Å². The normalized spacial score (nSPS) is 18.8. The predicted octanol–water partition coefficient (Wildman–Crippen LogP) is 2.13. The van der Waals surface area contributed by atoms with E-state index in [1.165, 1.54) is 12.7 Å². The lowest BCUT2D eigenvalue weighted by Gasteiger charge is -2.30. The van der Waals surface area contributed by atoms with Crippen molar-refractivity contribution in [2.45, 2.75) is 12.2 Å². The summed E-state index contributed by atoms with van der Waals surface area (Å²) >= 11 is 1.54. The maximum Gasteiger partial charge on any atom is 0.320 e. The largest absolute Gasteiger partial charge is 0.468 e. The highest BCUT2D eigenvalue weighted by Crippen LogP contribution is 2.20. The smallest absolute Gasteiger partial charge is 0.320 e. The average molecular weight is 305 g/mol. The summed E-state index contributed by atoms with van der Waals surface area (Å²) in [6, 6.07) is 7.97. The van der Waals surface area contributed by atoms with Crippen LogP contribution in [0.25, 0.3) is 6.08 Å². The summed E-state index contributed by atoms with van der Waals surface area (Å²) in [5, 5.41) is -0.277. The van der Waals surface area contributed by atoms with Crippen molar-refractivity contribution in [1.82, 2.24) is 4.90 Å². The molecule has 0 aliphatic carbocycles. The number of aryl methyl sites for hydroxylation is 1. The SMILES string of the molecule is COC(=O)[C@H]1CN(C(=O)/C=C/c2ccc(C)cc2)CCS1. The zero-order valence-electron chi connectivity index (χ0n) is 12.2. The van der Waals surface area contributed by atoms with Crippen LogP contribution >= 0.6 is 11.8 Å².